The van der Waals surface area contributed by atoms with Gasteiger partial charge in [0.05, 0.1) is 0 Å². The van der Waals surface area contributed by atoms with Crippen molar-refractivity contribution in [3.8, 4) is 0 Å². The van der Waals surface area contributed by atoms with Crippen LogP contribution in [0.5, 0.6) is 0 Å². The van der Waals surface area contributed by atoms with Gasteiger partial charge in [-0.05, 0) is 36.6 Å². The highest BCUT2D eigenvalue weighted by molar-refractivity contribution is 5.26. The Balaban J connectivity index is 1.30. The van der Waals surface area contributed by atoms with Crippen LogP contribution in [0.4, 0.5) is 0 Å². The van der Waals surface area contributed by atoms with E-state index in [4.69, 9.17) is 0 Å². The second-order valence-corrected chi connectivity index (χ2v) is 7.52. The number of benzene rings is 2. The molecule has 0 saturated carbocycles. The second kappa shape index (κ2) is 6.10. The van der Waals surface area contributed by atoms with Gasteiger partial charge in [0, 0.05) is 38.1 Å². The van der Waals surface area contributed by atoms with Gasteiger partial charge in [0.25, 0.3) is 0 Å². The van der Waals surface area contributed by atoms with Crippen LogP contribution in [-0.2, 0) is 13.1 Å². The fourth-order valence-electron chi connectivity index (χ4n) is 4.31. The van der Waals surface area contributed by atoms with Crippen molar-refractivity contribution in [2.24, 2.45) is 5.41 Å². The molecule has 0 amide bonds. The molecule has 2 heterocycles. The lowest BCUT2D eigenvalue weighted by molar-refractivity contribution is 0.00148. The Morgan fingerprint density at radius 2 is 1.52 bits per heavy atom. The Morgan fingerprint density at radius 3 is 2.30 bits per heavy atom. The summed E-state index contributed by atoms with van der Waals surface area (Å²) in [6, 6.07) is 19.7. The zero-order valence-corrected chi connectivity index (χ0v) is 14.0. The van der Waals surface area contributed by atoms with Crippen molar-refractivity contribution in [1.29, 1.82) is 0 Å². The van der Waals surface area contributed by atoms with Crippen LogP contribution < -0.4 is 0 Å². The molecule has 0 atom stereocenters. The van der Waals surface area contributed by atoms with Crippen LogP contribution in [-0.4, -0.2) is 36.0 Å². The number of likely N-dealkylation sites (tertiary alicyclic amines) is 2. The van der Waals surface area contributed by atoms with Crippen LogP contribution in [0, 0.1) is 12.3 Å². The minimum absolute atomic E-state index is 0.567. The second-order valence-electron chi connectivity index (χ2n) is 7.52. The van der Waals surface area contributed by atoms with Crippen molar-refractivity contribution in [2.45, 2.75) is 26.4 Å². The van der Waals surface area contributed by atoms with Gasteiger partial charge in [-0.15, -0.1) is 0 Å². The van der Waals surface area contributed by atoms with Gasteiger partial charge in [-0.2, -0.15) is 0 Å². The molecule has 23 heavy (non-hydrogen) atoms. The molecule has 0 unspecified atom stereocenters. The van der Waals surface area contributed by atoms with Gasteiger partial charge in [-0.1, -0.05) is 54.6 Å². The van der Waals surface area contributed by atoms with Crippen molar-refractivity contribution < 1.29 is 0 Å². The first kappa shape index (κ1) is 14.9. The molecule has 0 radical (unpaired) electrons. The van der Waals surface area contributed by atoms with Crippen molar-refractivity contribution in [3.05, 3.63) is 71.3 Å². The van der Waals surface area contributed by atoms with Crippen LogP contribution in [0.3, 0.4) is 0 Å². The number of nitrogens with zero attached hydrogens (tertiary/aromatic N) is 2. The van der Waals surface area contributed by atoms with Crippen molar-refractivity contribution in [2.75, 3.05) is 26.2 Å². The first-order valence-corrected chi connectivity index (χ1v) is 8.76. The predicted molar refractivity (Wildman–Crippen MR) is 95.2 cm³/mol. The zero-order valence-electron chi connectivity index (χ0n) is 14.0. The first-order chi connectivity index (χ1) is 11.2. The molecule has 0 aromatic heterocycles. The van der Waals surface area contributed by atoms with Gasteiger partial charge < -0.3 is 0 Å². The van der Waals surface area contributed by atoms with E-state index in [0.717, 1.165) is 13.1 Å². The van der Waals surface area contributed by atoms with E-state index in [-0.39, 0.29) is 0 Å². The number of hydrogen-bond donors (Lipinski definition) is 0. The monoisotopic (exact) mass is 306 g/mol. The van der Waals surface area contributed by atoms with E-state index in [1.54, 1.807) is 0 Å². The molecule has 2 heteroatoms. The summed E-state index contributed by atoms with van der Waals surface area (Å²) >= 11 is 0. The van der Waals surface area contributed by atoms with Gasteiger partial charge in [-0.25, -0.2) is 0 Å². The highest BCUT2D eigenvalue weighted by Crippen LogP contribution is 2.40. The smallest absolute Gasteiger partial charge is 0.0236 e. The number of rotatable bonds is 4. The third-order valence-corrected chi connectivity index (χ3v) is 5.54. The topological polar surface area (TPSA) is 6.48 Å². The summed E-state index contributed by atoms with van der Waals surface area (Å²) in [6.07, 6.45) is 1.37. The lowest BCUT2D eigenvalue weighted by Gasteiger charge is -2.48. The van der Waals surface area contributed by atoms with Gasteiger partial charge >= 0.3 is 0 Å². The molecule has 2 fully saturated rings. The third-order valence-electron chi connectivity index (χ3n) is 5.54. The molecule has 0 N–H and O–H groups in total. The Hall–Kier alpha value is -1.64. The summed E-state index contributed by atoms with van der Waals surface area (Å²) in [5, 5.41) is 0. The van der Waals surface area contributed by atoms with Crippen LogP contribution in [0.1, 0.15) is 23.1 Å². The Kier molecular flexibility index (Phi) is 3.96. The molecule has 4 rings (SSSR count). The fourth-order valence-corrected chi connectivity index (χ4v) is 4.31. The third kappa shape index (κ3) is 3.19. The maximum Gasteiger partial charge on any atom is 0.0236 e. The molecule has 2 aliphatic heterocycles. The van der Waals surface area contributed by atoms with Crippen LogP contribution in [0.2, 0.25) is 0 Å². The maximum absolute atomic E-state index is 2.64. The minimum Gasteiger partial charge on any atom is -0.298 e. The quantitative estimate of drug-likeness (QED) is 0.850. The summed E-state index contributed by atoms with van der Waals surface area (Å²) < 4.78 is 0. The van der Waals surface area contributed by atoms with Gasteiger partial charge in [-0.3, -0.25) is 9.80 Å². The van der Waals surface area contributed by atoms with Gasteiger partial charge in [0.2, 0.25) is 0 Å². The molecule has 2 aromatic rings. The summed E-state index contributed by atoms with van der Waals surface area (Å²) in [5.74, 6) is 0. The standard InChI is InChI=1S/C21H26N2/c1-18-7-5-6-10-20(18)14-23-16-21(17-23)11-12-22(15-21)13-19-8-3-2-4-9-19/h2-10H,11-17H2,1H3. The van der Waals surface area contributed by atoms with Crippen molar-refractivity contribution in [3.63, 3.8) is 0 Å². The molecule has 120 valence electrons. The van der Waals surface area contributed by atoms with Crippen LogP contribution in [0.25, 0.3) is 0 Å². The van der Waals surface area contributed by atoms with Crippen molar-refractivity contribution in [1.82, 2.24) is 9.80 Å². The lowest BCUT2D eigenvalue weighted by Crippen LogP contribution is -2.56. The van der Waals surface area contributed by atoms with Gasteiger partial charge in [0.15, 0.2) is 0 Å². The van der Waals surface area contributed by atoms with E-state index in [0.29, 0.717) is 5.41 Å². The lowest BCUT2D eigenvalue weighted by atomic mass is 9.79. The molecular formula is C21H26N2. The Labute approximate surface area is 139 Å². The largest absolute Gasteiger partial charge is 0.298 e. The minimum atomic E-state index is 0.567. The van der Waals surface area contributed by atoms with E-state index in [9.17, 15) is 0 Å². The molecule has 2 aliphatic rings. The SMILES string of the molecule is Cc1ccccc1CN1CC2(CCN(Cc3ccccc3)C2)C1. The predicted octanol–water partition coefficient (Wildman–Crippen LogP) is 3.70. The molecule has 2 saturated heterocycles. The summed E-state index contributed by atoms with van der Waals surface area (Å²) in [7, 11) is 0. The normalized spacial score (nSPS) is 20.7. The van der Waals surface area contributed by atoms with E-state index in [2.05, 4.69) is 71.3 Å². The van der Waals surface area contributed by atoms with E-state index in [1.807, 2.05) is 0 Å². The average Bonchev–Trinajstić information content (AvgIpc) is 2.94. The summed E-state index contributed by atoms with van der Waals surface area (Å²) in [5.41, 5.74) is 4.92. The fraction of sp³-hybridized carbons (Fsp3) is 0.429. The molecule has 0 aliphatic carbocycles. The Bertz CT molecular complexity index is 659. The summed E-state index contributed by atoms with van der Waals surface area (Å²) in [6.45, 7) is 9.52. The zero-order chi connectivity index (χ0) is 15.7. The van der Waals surface area contributed by atoms with Crippen molar-refractivity contribution >= 4 is 0 Å². The highest BCUT2D eigenvalue weighted by Gasteiger charge is 2.47. The van der Waals surface area contributed by atoms with E-state index in [1.165, 1.54) is 49.3 Å². The van der Waals surface area contributed by atoms with Crippen LogP contribution >= 0.6 is 0 Å². The maximum atomic E-state index is 2.64. The highest BCUT2D eigenvalue weighted by atomic mass is 15.3. The Morgan fingerprint density at radius 1 is 0.826 bits per heavy atom. The van der Waals surface area contributed by atoms with Crippen LogP contribution in [0.15, 0.2) is 54.6 Å². The molecule has 2 nitrogen and oxygen atoms in total. The molecule has 1 spiro atoms. The number of hydrogen-bond acceptors (Lipinski definition) is 2. The van der Waals surface area contributed by atoms with Gasteiger partial charge in [0.1, 0.15) is 0 Å². The molecule has 2 aromatic carbocycles. The average molecular weight is 306 g/mol. The summed E-state index contributed by atoms with van der Waals surface area (Å²) in [4.78, 5) is 5.26. The van der Waals surface area contributed by atoms with E-state index < -0.39 is 0 Å². The molecular weight excluding hydrogens is 280 g/mol. The molecule has 0 bridgehead atoms. The number of aryl methyl sites for hydroxylation is 1. The van der Waals surface area contributed by atoms with E-state index >= 15 is 0 Å². The first-order valence-electron chi connectivity index (χ1n) is 8.76.